The van der Waals surface area contributed by atoms with Gasteiger partial charge in [0.1, 0.15) is 6.10 Å². The van der Waals surface area contributed by atoms with Gasteiger partial charge in [0.2, 0.25) is 0 Å². The van der Waals surface area contributed by atoms with Crippen LogP contribution in [-0.4, -0.2) is 24.6 Å². The summed E-state index contributed by atoms with van der Waals surface area (Å²) in [5.74, 6) is -0.575. The van der Waals surface area contributed by atoms with Crippen LogP contribution in [-0.2, 0) is 19.1 Å². The van der Waals surface area contributed by atoms with Crippen LogP contribution in [0.2, 0.25) is 0 Å². The van der Waals surface area contributed by atoms with Gasteiger partial charge < -0.3 is 9.47 Å². The fourth-order valence-corrected chi connectivity index (χ4v) is 2.72. The van der Waals surface area contributed by atoms with Crippen LogP contribution < -0.4 is 0 Å². The SMILES string of the molecule is CCCCCCCCCCOC(=O)CCC(=O)OC(CC)CCCC. The molecule has 1 unspecified atom stereocenters. The van der Waals surface area contributed by atoms with Crippen LogP contribution in [0.1, 0.15) is 111 Å². The molecule has 0 aliphatic carbocycles. The minimum Gasteiger partial charge on any atom is -0.466 e. The Morgan fingerprint density at radius 1 is 0.720 bits per heavy atom. The number of esters is 2. The summed E-state index contributed by atoms with van der Waals surface area (Å²) in [4.78, 5) is 23.4. The van der Waals surface area contributed by atoms with Crippen LogP contribution in [0.5, 0.6) is 0 Å². The lowest BCUT2D eigenvalue weighted by Crippen LogP contribution is -2.18. The molecule has 0 N–H and O–H groups in total. The molecule has 0 aliphatic rings. The van der Waals surface area contributed by atoms with E-state index >= 15 is 0 Å². The molecule has 1 atom stereocenters. The van der Waals surface area contributed by atoms with E-state index in [-0.39, 0.29) is 30.9 Å². The second-order valence-corrected chi connectivity index (χ2v) is 6.86. The van der Waals surface area contributed by atoms with Crippen molar-refractivity contribution < 1.29 is 19.1 Å². The number of hydrogen-bond donors (Lipinski definition) is 0. The lowest BCUT2D eigenvalue weighted by Gasteiger charge is -2.15. The van der Waals surface area contributed by atoms with E-state index < -0.39 is 0 Å². The molecular weight excluding hydrogens is 316 g/mol. The summed E-state index contributed by atoms with van der Waals surface area (Å²) in [6, 6.07) is 0. The Morgan fingerprint density at radius 3 is 1.88 bits per heavy atom. The first-order valence-corrected chi connectivity index (χ1v) is 10.5. The number of carbonyl (C=O) groups excluding carboxylic acids is 2. The molecule has 0 aromatic heterocycles. The van der Waals surface area contributed by atoms with Crippen LogP contribution in [0, 0.1) is 0 Å². The van der Waals surface area contributed by atoms with Crippen molar-refractivity contribution >= 4 is 11.9 Å². The summed E-state index contributed by atoms with van der Waals surface area (Å²) in [5, 5.41) is 0. The smallest absolute Gasteiger partial charge is 0.306 e. The van der Waals surface area contributed by atoms with E-state index in [1.54, 1.807) is 0 Å². The molecular formula is C21H40O4. The summed E-state index contributed by atoms with van der Waals surface area (Å²) in [7, 11) is 0. The highest BCUT2D eigenvalue weighted by molar-refractivity contribution is 5.77. The van der Waals surface area contributed by atoms with E-state index in [1.807, 2.05) is 6.92 Å². The van der Waals surface area contributed by atoms with Gasteiger partial charge in [0.25, 0.3) is 0 Å². The maximum atomic E-state index is 11.8. The van der Waals surface area contributed by atoms with Gasteiger partial charge in [-0.25, -0.2) is 0 Å². The number of carbonyl (C=O) groups is 2. The topological polar surface area (TPSA) is 52.6 Å². The zero-order valence-corrected chi connectivity index (χ0v) is 16.8. The Hall–Kier alpha value is -1.06. The Kier molecular flexibility index (Phi) is 17.0. The number of hydrogen-bond acceptors (Lipinski definition) is 4. The van der Waals surface area contributed by atoms with Crippen LogP contribution in [0.3, 0.4) is 0 Å². The Labute approximate surface area is 155 Å². The number of ether oxygens (including phenoxy) is 2. The highest BCUT2D eigenvalue weighted by Gasteiger charge is 2.14. The lowest BCUT2D eigenvalue weighted by atomic mass is 10.1. The predicted octanol–water partition coefficient (Wildman–Crippen LogP) is 5.96. The fourth-order valence-electron chi connectivity index (χ4n) is 2.72. The van der Waals surface area contributed by atoms with E-state index in [1.165, 1.54) is 38.5 Å². The van der Waals surface area contributed by atoms with E-state index in [4.69, 9.17) is 9.47 Å². The summed E-state index contributed by atoms with van der Waals surface area (Å²) < 4.78 is 10.6. The van der Waals surface area contributed by atoms with Crippen molar-refractivity contribution in [2.24, 2.45) is 0 Å². The molecule has 0 rings (SSSR count). The molecule has 0 aromatic carbocycles. The molecule has 0 aliphatic heterocycles. The third-order valence-electron chi connectivity index (χ3n) is 4.43. The van der Waals surface area contributed by atoms with Gasteiger partial charge in [-0.05, 0) is 19.3 Å². The van der Waals surface area contributed by atoms with Gasteiger partial charge in [-0.2, -0.15) is 0 Å². The van der Waals surface area contributed by atoms with Crippen LogP contribution in [0.15, 0.2) is 0 Å². The molecule has 0 fully saturated rings. The molecule has 0 spiro atoms. The molecule has 0 bridgehead atoms. The van der Waals surface area contributed by atoms with Crippen molar-refractivity contribution in [3.05, 3.63) is 0 Å². The van der Waals surface area contributed by atoms with Crippen LogP contribution in [0.25, 0.3) is 0 Å². The van der Waals surface area contributed by atoms with Gasteiger partial charge in [0, 0.05) is 0 Å². The van der Waals surface area contributed by atoms with Gasteiger partial charge in [0.05, 0.1) is 19.4 Å². The first-order chi connectivity index (χ1) is 12.1. The molecule has 4 heteroatoms. The summed E-state index contributed by atoms with van der Waals surface area (Å²) in [6.45, 7) is 6.84. The summed E-state index contributed by atoms with van der Waals surface area (Å²) in [5.41, 5.74) is 0. The first kappa shape index (κ1) is 23.9. The van der Waals surface area contributed by atoms with E-state index in [0.717, 1.165) is 38.5 Å². The zero-order chi connectivity index (χ0) is 18.8. The van der Waals surface area contributed by atoms with Crippen molar-refractivity contribution in [2.45, 2.75) is 117 Å². The normalized spacial score (nSPS) is 12.0. The van der Waals surface area contributed by atoms with E-state index in [2.05, 4.69) is 13.8 Å². The Morgan fingerprint density at radius 2 is 1.28 bits per heavy atom. The Balaban J connectivity index is 3.55. The fraction of sp³-hybridized carbons (Fsp3) is 0.905. The highest BCUT2D eigenvalue weighted by Crippen LogP contribution is 2.11. The van der Waals surface area contributed by atoms with Gasteiger partial charge in [0.15, 0.2) is 0 Å². The predicted molar refractivity (Wildman–Crippen MR) is 102 cm³/mol. The molecule has 148 valence electrons. The molecule has 0 saturated heterocycles. The highest BCUT2D eigenvalue weighted by atomic mass is 16.5. The molecule has 4 nitrogen and oxygen atoms in total. The monoisotopic (exact) mass is 356 g/mol. The molecule has 0 heterocycles. The standard InChI is InChI=1S/C21H40O4/c1-4-7-9-10-11-12-13-14-18-24-20(22)16-17-21(23)25-19(6-3)15-8-5-2/h19H,4-18H2,1-3H3. The molecule has 0 aromatic rings. The summed E-state index contributed by atoms with van der Waals surface area (Å²) >= 11 is 0. The van der Waals surface area contributed by atoms with Crippen molar-refractivity contribution in [1.29, 1.82) is 0 Å². The summed E-state index contributed by atoms with van der Waals surface area (Å²) in [6.07, 6.45) is 13.9. The van der Waals surface area contributed by atoms with Crippen molar-refractivity contribution in [3.63, 3.8) is 0 Å². The second kappa shape index (κ2) is 17.8. The third-order valence-corrected chi connectivity index (χ3v) is 4.43. The Bertz CT molecular complexity index is 328. The van der Waals surface area contributed by atoms with Gasteiger partial charge in [-0.3, -0.25) is 9.59 Å². The molecule has 0 radical (unpaired) electrons. The number of unbranched alkanes of at least 4 members (excludes halogenated alkanes) is 8. The van der Waals surface area contributed by atoms with Crippen LogP contribution >= 0.6 is 0 Å². The van der Waals surface area contributed by atoms with Gasteiger partial charge in [-0.15, -0.1) is 0 Å². The zero-order valence-electron chi connectivity index (χ0n) is 16.8. The van der Waals surface area contributed by atoms with E-state index in [9.17, 15) is 9.59 Å². The van der Waals surface area contributed by atoms with Crippen molar-refractivity contribution in [2.75, 3.05) is 6.61 Å². The number of rotatable bonds is 17. The third kappa shape index (κ3) is 16.2. The quantitative estimate of drug-likeness (QED) is 0.238. The van der Waals surface area contributed by atoms with E-state index in [0.29, 0.717) is 6.61 Å². The first-order valence-electron chi connectivity index (χ1n) is 10.5. The molecule has 0 amide bonds. The van der Waals surface area contributed by atoms with Crippen LogP contribution in [0.4, 0.5) is 0 Å². The average Bonchev–Trinajstić information content (AvgIpc) is 2.62. The van der Waals surface area contributed by atoms with Crippen molar-refractivity contribution in [3.8, 4) is 0 Å². The van der Waals surface area contributed by atoms with Gasteiger partial charge >= 0.3 is 11.9 Å². The van der Waals surface area contributed by atoms with Gasteiger partial charge in [-0.1, -0.05) is 78.6 Å². The molecule has 25 heavy (non-hydrogen) atoms. The minimum atomic E-state index is -0.290. The minimum absolute atomic E-state index is 0.0132. The van der Waals surface area contributed by atoms with Crippen molar-refractivity contribution in [1.82, 2.24) is 0 Å². The largest absolute Gasteiger partial charge is 0.466 e. The maximum absolute atomic E-state index is 11.8. The second-order valence-electron chi connectivity index (χ2n) is 6.86. The average molecular weight is 357 g/mol. The maximum Gasteiger partial charge on any atom is 0.306 e. The molecule has 0 saturated carbocycles. The lowest BCUT2D eigenvalue weighted by molar-refractivity contribution is -0.154.